The van der Waals surface area contributed by atoms with E-state index in [-0.39, 0.29) is 5.91 Å². The van der Waals surface area contributed by atoms with Gasteiger partial charge in [0.2, 0.25) is 5.91 Å². The lowest BCUT2D eigenvalue weighted by Crippen LogP contribution is -2.14. The summed E-state index contributed by atoms with van der Waals surface area (Å²) in [6.07, 6.45) is 0. The third-order valence-electron chi connectivity index (χ3n) is 3.05. The molecular formula is C18H19NO3S. The van der Waals surface area contributed by atoms with E-state index in [1.165, 1.54) is 17.3 Å². The number of anilines is 1. The molecule has 0 fully saturated rings. The Hall–Kier alpha value is -2.27. The fourth-order valence-electron chi connectivity index (χ4n) is 1.92. The molecule has 0 aliphatic carbocycles. The summed E-state index contributed by atoms with van der Waals surface area (Å²) >= 11 is 1.47. The van der Waals surface area contributed by atoms with Crippen LogP contribution in [-0.2, 0) is 9.53 Å². The van der Waals surface area contributed by atoms with Gasteiger partial charge in [0.15, 0.2) is 0 Å². The van der Waals surface area contributed by atoms with E-state index in [9.17, 15) is 9.59 Å². The molecule has 0 saturated carbocycles. The first-order chi connectivity index (χ1) is 11.1. The molecule has 0 bridgehead atoms. The zero-order valence-electron chi connectivity index (χ0n) is 13.2. The maximum absolute atomic E-state index is 12.0. The summed E-state index contributed by atoms with van der Waals surface area (Å²) in [7, 11) is 0. The first-order valence-corrected chi connectivity index (χ1v) is 8.33. The van der Waals surface area contributed by atoms with Crippen molar-refractivity contribution in [3.63, 3.8) is 0 Å². The van der Waals surface area contributed by atoms with Crippen molar-refractivity contribution in [3.05, 3.63) is 59.7 Å². The molecule has 0 heterocycles. The lowest BCUT2D eigenvalue weighted by atomic mass is 10.2. The van der Waals surface area contributed by atoms with Crippen LogP contribution in [0.1, 0.15) is 22.8 Å². The molecule has 0 aliphatic rings. The van der Waals surface area contributed by atoms with Crippen LogP contribution in [0, 0.1) is 6.92 Å². The number of aryl methyl sites for hydroxylation is 1. The number of nitrogens with one attached hydrogen (secondary N) is 1. The van der Waals surface area contributed by atoms with Gasteiger partial charge in [-0.05, 0) is 44.2 Å². The molecule has 1 N–H and O–H groups in total. The summed E-state index contributed by atoms with van der Waals surface area (Å²) in [5.41, 5.74) is 2.20. The smallest absolute Gasteiger partial charge is 0.338 e. The second-order valence-corrected chi connectivity index (χ2v) is 6.00. The quantitative estimate of drug-likeness (QED) is 0.645. The van der Waals surface area contributed by atoms with Crippen LogP contribution < -0.4 is 5.32 Å². The Bertz CT molecular complexity index is 683. The van der Waals surface area contributed by atoms with E-state index in [2.05, 4.69) is 5.32 Å². The SMILES string of the molecule is CCOC(=O)c1cccc(NC(=O)CSc2ccc(C)cc2)c1. The molecule has 0 radical (unpaired) electrons. The van der Waals surface area contributed by atoms with Crippen LogP contribution in [0.3, 0.4) is 0 Å². The van der Waals surface area contributed by atoms with Gasteiger partial charge in [-0.1, -0.05) is 23.8 Å². The standard InChI is InChI=1S/C18H19NO3S/c1-3-22-18(21)14-5-4-6-15(11-14)19-17(20)12-23-16-9-7-13(2)8-10-16/h4-11H,3,12H2,1-2H3,(H,19,20). The number of ether oxygens (including phenoxy) is 1. The molecule has 0 atom stereocenters. The van der Waals surface area contributed by atoms with E-state index in [1.807, 2.05) is 31.2 Å². The molecule has 2 rings (SSSR count). The predicted molar refractivity (Wildman–Crippen MR) is 92.9 cm³/mol. The Morgan fingerprint density at radius 1 is 1.13 bits per heavy atom. The van der Waals surface area contributed by atoms with Crippen molar-refractivity contribution in [2.24, 2.45) is 0 Å². The zero-order chi connectivity index (χ0) is 16.7. The lowest BCUT2D eigenvalue weighted by Gasteiger charge is -2.07. The summed E-state index contributed by atoms with van der Waals surface area (Å²) in [6.45, 7) is 4.10. The number of hydrogen-bond acceptors (Lipinski definition) is 4. The molecule has 5 heteroatoms. The Morgan fingerprint density at radius 3 is 2.57 bits per heavy atom. The van der Waals surface area contributed by atoms with Gasteiger partial charge < -0.3 is 10.1 Å². The number of esters is 1. The lowest BCUT2D eigenvalue weighted by molar-refractivity contribution is -0.113. The molecule has 0 spiro atoms. The highest BCUT2D eigenvalue weighted by Gasteiger charge is 2.09. The van der Waals surface area contributed by atoms with Crippen LogP contribution in [0.4, 0.5) is 5.69 Å². The molecule has 1 amide bonds. The van der Waals surface area contributed by atoms with Gasteiger partial charge in [-0.2, -0.15) is 0 Å². The topological polar surface area (TPSA) is 55.4 Å². The van der Waals surface area contributed by atoms with Gasteiger partial charge in [0.25, 0.3) is 0 Å². The van der Waals surface area contributed by atoms with Crippen molar-refractivity contribution in [2.75, 3.05) is 17.7 Å². The highest BCUT2D eigenvalue weighted by Crippen LogP contribution is 2.19. The third-order valence-corrected chi connectivity index (χ3v) is 4.06. The van der Waals surface area contributed by atoms with E-state index >= 15 is 0 Å². The van der Waals surface area contributed by atoms with Crippen LogP contribution in [0.2, 0.25) is 0 Å². The first kappa shape index (κ1) is 17.1. The van der Waals surface area contributed by atoms with Crippen molar-refractivity contribution in [3.8, 4) is 0 Å². The minimum absolute atomic E-state index is 0.114. The minimum Gasteiger partial charge on any atom is -0.462 e. The summed E-state index contributed by atoms with van der Waals surface area (Å²) in [4.78, 5) is 24.7. The second kappa shape index (κ2) is 8.39. The normalized spacial score (nSPS) is 10.2. The number of thioether (sulfide) groups is 1. The Labute approximate surface area is 140 Å². The summed E-state index contributed by atoms with van der Waals surface area (Å²) in [5.74, 6) is -0.193. The molecule has 0 aromatic heterocycles. The summed E-state index contributed by atoms with van der Waals surface area (Å²) in [5, 5.41) is 2.79. The molecule has 4 nitrogen and oxygen atoms in total. The summed E-state index contributed by atoms with van der Waals surface area (Å²) in [6, 6.07) is 14.8. The second-order valence-electron chi connectivity index (χ2n) is 4.95. The number of carbonyl (C=O) groups is 2. The van der Waals surface area contributed by atoms with Gasteiger partial charge in [0.1, 0.15) is 0 Å². The molecule has 0 saturated heterocycles. The van der Waals surface area contributed by atoms with Crippen LogP contribution in [0.5, 0.6) is 0 Å². The number of carbonyl (C=O) groups excluding carboxylic acids is 2. The number of benzene rings is 2. The van der Waals surface area contributed by atoms with E-state index in [0.29, 0.717) is 23.6 Å². The molecule has 23 heavy (non-hydrogen) atoms. The van der Waals surface area contributed by atoms with Gasteiger partial charge in [-0.15, -0.1) is 11.8 Å². The van der Waals surface area contributed by atoms with Crippen molar-refractivity contribution in [1.82, 2.24) is 0 Å². The predicted octanol–water partition coefficient (Wildman–Crippen LogP) is 3.90. The van der Waals surface area contributed by atoms with Crippen molar-refractivity contribution in [2.45, 2.75) is 18.7 Å². The van der Waals surface area contributed by atoms with Crippen LogP contribution >= 0.6 is 11.8 Å². The van der Waals surface area contributed by atoms with Crippen LogP contribution in [0.25, 0.3) is 0 Å². The number of hydrogen-bond donors (Lipinski definition) is 1. The van der Waals surface area contributed by atoms with E-state index < -0.39 is 5.97 Å². The Kier molecular flexibility index (Phi) is 6.23. The zero-order valence-corrected chi connectivity index (χ0v) is 14.0. The first-order valence-electron chi connectivity index (χ1n) is 7.35. The summed E-state index contributed by atoms with van der Waals surface area (Å²) < 4.78 is 4.95. The molecule has 0 aliphatic heterocycles. The molecule has 120 valence electrons. The fourth-order valence-corrected chi connectivity index (χ4v) is 2.62. The van der Waals surface area contributed by atoms with Gasteiger partial charge in [-0.3, -0.25) is 4.79 Å². The molecular weight excluding hydrogens is 310 g/mol. The number of amides is 1. The average molecular weight is 329 g/mol. The highest BCUT2D eigenvalue weighted by atomic mass is 32.2. The molecule has 2 aromatic carbocycles. The Morgan fingerprint density at radius 2 is 1.87 bits per heavy atom. The maximum atomic E-state index is 12.0. The van der Waals surface area contributed by atoms with Gasteiger partial charge in [0, 0.05) is 10.6 Å². The van der Waals surface area contributed by atoms with Gasteiger partial charge in [0.05, 0.1) is 17.9 Å². The van der Waals surface area contributed by atoms with Crippen LogP contribution in [0.15, 0.2) is 53.4 Å². The van der Waals surface area contributed by atoms with Crippen LogP contribution in [-0.4, -0.2) is 24.2 Å². The minimum atomic E-state index is -0.391. The highest BCUT2D eigenvalue weighted by molar-refractivity contribution is 8.00. The third kappa shape index (κ3) is 5.45. The monoisotopic (exact) mass is 329 g/mol. The van der Waals surface area contributed by atoms with E-state index in [4.69, 9.17) is 4.74 Å². The van der Waals surface area contributed by atoms with Crippen molar-refractivity contribution >= 4 is 29.3 Å². The average Bonchev–Trinajstić information content (AvgIpc) is 2.55. The van der Waals surface area contributed by atoms with E-state index in [1.54, 1.807) is 31.2 Å². The number of rotatable bonds is 6. The van der Waals surface area contributed by atoms with E-state index in [0.717, 1.165) is 4.90 Å². The van der Waals surface area contributed by atoms with Gasteiger partial charge in [-0.25, -0.2) is 4.79 Å². The molecule has 0 unspecified atom stereocenters. The van der Waals surface area contributed by atoms with Crippen molar-refractivity contribution < 1.29 is 14.3 Å². The molecule has 2 aromatic rings. The fraction of sp³-hybridized carbons (Fsp3) is 0.222. The largest absolute Gasteiger partial charge is 0.462 e. The van der Waals surface area contributed by atoms with Crippen molar-refractivity contribution in [1.29, 1.82) is 0 Å². The maximum Gasteiger partial charge on any atom is 0.338 e. The Balaban J connectivity index is 1.91. The van der Waals surface area contributed by atoms with Gasteiger partial charge >= 0.3 is 5.97 Å².